The first-order valence-corrected chi connectivity index (χ1v) is 10.4. The number of sulfonamides is 1. The molecule has 27 heavy (non-hydrogen) atoms. The van der Waals surface area contributed by atoms with Gasteiger partial charge in [0.2, 0.25) is 10.0 Å². The van der Waals surface area contributed by atoms with Gasteiger partial charge in [-0.25, -0.2) is 8.42 Å². The molecule has 0 atom stereocenters. The Bertz CT molecular complexity index is 979. The number of ether oxygens (including phenoxy) is 1. The van der Waals surface area contributed by atoms with Crippen molar-refractivity contribution in [2.75, 3.05) is 31.6 Å². The molecular formula is C18H22ClN3O4S. The molecule has 146 valence electrons. The molecule has 0 radical (unpaired) electrons. The Morgan fingerprint density at radius 1 is 1.22 bits per heavy atom. The fourth-order valence-corrected chi connectivity index (χ4v) is 5.12. The third-order valence-corrected chi connectivity index (χ3v) is 7.17. The zero-order chi connectivity index (χ0) is 19.8. The van der Waals surface area contributed by atoms with E-state index in [2.05, 4.69) is 10.3 Å². The second-order valence-corrected chi connectivity index (χ2v) is 8.80. The first kappa shape index (κ1) is 19.9. The molecule has 1 aliphatic rings. The first-order valence-electron chi connectivity index (χ1n) is 8.56. The molecule has 1 saturated heterocycles. The van der Waals surface area contributed by atoms with E-state index in [9.17, 15) is 13.2 Å². The third-order valence-electron chi connectivity index (χ3n) is 4.59. The Morgan fingerprint density at radius 3 is 2.52 bits per heavy atom. The number of amides is 1. The van der Waals surface area contributed by atoms with Gasteiger partial charge in [0.15, 0.2) is 0 Å². The maximum Gasteiger partial charge on any atom is 0.272 e. The van der Waals surface area contributed by atoms with Crippen molar-refractivity contribution in [1.82, 2.24) is 9.29 Å². The maximum atomic E-state index is 13.0. The number of aromatic amines is 1. The molecule has 0 unspecified atom stereocenters. The molecule has 0 bridgehead atoms. The third kappa shape index (κ3) is 3.89. The van der Waals surface area contributed by atoms with Gasteiger partial charge in [-0.1, -0.05) is 17.7 Å². The molecule has 7 nitrogen and oxygen atoms in total. The fourth-order valence-electron chi connectivity index (χ4n) is 3.13. The molecule has 0 saturated carbocycles. The number of benzene rings is 1. The number of anilines is 1. The van der Waals surface area contributed by atoms with Gasteiger partial charge in [-0.2, -0.15) is 4.31 Å². The van der Waals surface area contributed by atoms with Gasteiger partial charge < -0.3 is 15.0 Å². The molecule has 2 heterocycles. The summed E-state index contributed by atoms with van der Waals surface area (Å²) in [4.78, 5) is 15.8. The Kier molecular flexibility index (Phi) is 5.62. The van der Waals surface area contributed by atoms with Gasteiger partial charge in [0.1, 0.15) is 10.6 Å². The molecule has 9 heteroatoms. The van der Waals surface area contributed by atoms with Crippen LogP contribution in [0, 0.1) is 20.8 Å². The molecule has 0 aliphatic carbocycles. The van der Waals surface area contributed by atoms with Crippen LogP contribution in [0.15, 0.2) is 23.1 Å². The quantitative estimate of drug-likeness (QED) is 0.809. The van der Waals surface area contributed by atoms with Crippen LogP contribution in [-0.2, 0) is 14.8 Å². The zero-order valence-corrected chi connectivity index (χ0v) is 17.0. The van der Waals surface area contributed by atoms with Crippen LogP contribution in [0.3, 0.4) is 0 Å². The summed E-state index contributed by atoms with van der Waals surface area (Å²) in [6, 6.07) is 5.21. The lowest BCUT2D eigenvalue weighted by atomic mass is 10.2. The Morgan fingerprint density at radius 2 is 1.89 bits per heavy atom. The van der Waals surface area contributed by atoms with Crippen molar-refractivity contribution in [3.63, 3.8) is 0 Å². The lowest BCUT2D eigenvalue weighted by Gasteiger charge is -2.26. The van der Waals surface area contributed by atoms with E-state index in [0.717, 1.165) is 5.56 Å². The summed E-state index contributed by atoms with van der Waals surface area (Å²) < 4.78 is 32.6. The zero-order valence-electron chi connectivity index (χ0n) is 15.4. The smallest absolute Gasteiger partial charge is 0.272 e. The predicted octanol–water partition coefficient (Wildman–Crippen LogP) is 2.87. The Labute approximate surface area is 163 Å². The number of hydrogen-bond donors (Lipinski definition) is 2. The number of aromatic nitrogens is 1. The van der Waals surface area contributed by atoms with Gasteiger partial charge in [0.25, 0.3) is 5.91 Å². The number of nitrogens with one attached hydrogen (secondary N) is 2. The molecule has 1 aromatic heterocycles. The number of halogens is 1. The largest absolute Gasteiger partial charge is 0.379 e. The molecule has 1 amide bonds. The summed E-state index contributed by atoms with van der Waals surface area (Å²) in [5.74, 6) is -0.418. The number of aryl methyl sites for hydroxylation is 2. The van der Waals surface area contributed by atoms with Crippen LogP contribution >= 0.6 is 11.6 Å². The number of carbonyl (C=O) groups excluding carboxylic acids is 1. The standard InChI is InChI=1S/C18H22ClN3O4S/c1-11-4-5-14(10-15(11)19)21-18(23)16-12(2)17(13(3)20-16)27(24,25)22-6-8-26-9-7-22/h4-5,10,20H,6-9H2,1-3H3,(H,21,23). The van der Waals surface area contributed by atoms with Gasteiger partial charge in [0.05, 0.1) is 13.2 Å². The van der Waals surface area contributed by atoms with Crippen molar-refractivity contribution in [2.45, 2.75) is 25.7 Å². The highest BCUT2D eigenvalue weighted by atomic mass is 35.5. The number of rotatable bonds is 4. The Balaban J connectivity index is 1.90. The van der Waals surface area contributed by atoms with Crippen LogP contribution in [-0.4, -0.2) is 49.9 Å². The SMILES string of the molecule is Cc1ccc(NC(=O)c2[nH]c(C)c(S(=O)(=O)N3CCOCC3)c2C)cc1Cl. The lowest BCUT2D eigenvalue weighted by molar-refractivity contribution is 0.0730. The summed E-state index contributed by atoms with van der Waals surface area (Å²) in [6.07, 6.45) is 0. The summed E-state index contributed by atoms with van der Waals surface area (Å²) in [7, 11) is -3.70. The highest BCUT2D eigenvalue weighted by Gasteiger charge is 2.32. The molecule has 2 N–H and O–H groups in total. The highest BCUT2D eigenvalue weighted by Crippen LogP contribution is 2.28. The molecule has 1 aromatic carbocycles. The number of morpholine rings is 1. The van der Waals surface area contributed by atoms with Crippen LogP contribution in [0.5, 0.6) is 0 Å². The fraction of sp³-hybridized carbons (Fsp3) is 0.389. The predicted molar refractivity (Wildman–Crippen MR) is 104 cm³/mol. The molecule has 1 fully saturated rings. The van der Waals surface area contributed by atoms with E-state index in [1.54, 1.807) is 32.0 Å². The number of hydrogen-bond acceptors (Lipinski definition) is 4. The molecule has 3 rings (SSSR count). The van der Waals surface area contributed by atoms with Crippen molar-refractivity contribution in [2.24, 2.45) is 0 Å². The van der Waals surface area contributed by atoms with E-state index >= 15 is 0 Å². The second-order valence-electron chi connectivity index (χ2n) is 6.51. The minimum atomic E-state index is -3.70. The highest BCUT2D eigenvalue weighted by molar-refractivity contribution is 7.89. The minimum absolute atomic E-state index is 0.150. The minimum Gasteiger partial charge on any atom is -0.379 e. The van der Waals surface area contributed by atoms with Gasteiger partial charge in [-0.15, -0.1) is 0 Å². The van der Waals surface area contributed by atoms with Crippen LogP contribution in [0.4, 0.5) is 5.69 Å². The van der Waals surface area contributed by atoms with Crippen molar-refractivity contribution in [3.8, 4) is 0 Å². The average molecular weight is 412 g/mol. The van der Waals surface area contributed by atoms with Crippen LogP contribution in [0.1, 0.15) is 27.3 Å². The number of nitrogens with zero attached hydrogens (tertiary/aromatic N) is 1. The van der Waals surface area contributed by atoms with Crippen molar-refractivity contribution in [1.29, 1.82) is 0 Å². The topological polar surface area (TPSA) is 91.5 Å². The molecule has 0 spiro atoms. The molecule has 1 aliphatic heterocycles. The summed E-state index contributed by atoms with van der Waals surface area (Å²) in [5.41, 5.74) is 2.50. The van der Waals surface area contributed by atoms with Crippen molar-refractivity contribution in [3.05, 3.63) is 45.7 Å². The summed E-state index contributed by atoms with van der Waals surface area (Å²) in [5, 5.41) is 3.30. The Hall–Kier alpha value is -1.87. The summed E-state index contributed by atoms with van der Waals surface area (Å²) >= 11 is 6.10. The van der Waals surface area contributed by atoms with Gasteiger partial charge in [-0.05, 0) is 44.0 Å². The van der Waals surface area contributed by atoms with Gasteiger partial charge in [0, 0.05) is 29.5 Å². The lowest BCUT2D eigenvalue weighted by Crippen LogP contribution is -2.40. The first-order chi connectivity index (χ1) is 12.7. The second kappa shape index (κ2) is 7.63. The van der Waals surface area contributed by atoms with Crippen LogP contribution in [0.2, 0.25) is 5.02 Å². The van der Waals surface area contributed by atoms with Gasteiger partial charge in [-0.3, -0.25) is 4.79 Å². The normalized spacial score (nSPS) is 15.7. The maximum absolute atomic E-state index is 13.0. The van der Waals surface area contributed by atoms with Crippen LogP contribution < -0.4 is 5.32 Å². The number of carbonyl (C=O) groups is 1. The van der Waals surface area contributed by atoms with E-state index in [1.165, 1.54) is 4.31 Å². The summed E-state index contributed by atoms with van der Waals surface area (Å²) in [6.45, 7) is 6.49. The van der Waals surface area contributed by atoms with E-state index in [4.69, 9.17) is 16.3 Å². The molecular weight excluding hydrogens is 390 g/mol. The van der Waals surface area contributed by atoms with E-state index in [-0.39, 0.29) is 10.6 Å². The average Bonchev–Trinajstić information content (AvgIpc) is 2.94. The van der Waals surface area contributed by atoms with Crippen LogP contribution in [0.25, 0.3) is 0 Å². The molecule has 2 aromatic rings. The van der Waals surface area contributed by atoms with E-state index in [1.807, 2.05) is 6.92 Å². The van der Waals surface area contributed by atoms with Gasteiger partial charge >= 0.3 is 0 Å². The van der Waals surface area contributed by atoms with Crippen molar-refractivity contribution < 1.29 is 17.9 Å². The number of H-pyrrole nitrogens is 1. The van der Waals surface area contributed by atoms with E-state index in [0.29, 0.717) is 48.3 Å². The van der Waals surface area contributed by atoms with Crippen molar-refractivity contribution >= 4 is 33.2 Å². The monoisotopic (exact) mass is 411 g/mol. The van der Waals surface area contributed by atoms with E-state index < -0.39 is 15.9 Å².